The van der Waals surface area contributed by atoms with Crippen molar-refractivity contribution in [3.8, 4) is 0 Å². The van der Waals surface area contributed by atoms with E-state index in [9.17, 15) is 14.4 Å². The van der Waals surface area contributed by atoms with Crippen molar-refractivity contribution in [3.63, 3.8) is 0 Å². The second-order valence-electron chi connectivity index (χ2n) is 4.87. The summed E-state index contributed by atoms with van der Waals surface area (Å²) in [5, 5.41) is 5.28. The monoisotopic (exact) mass is 290 g/mol. The fraction of sp³-hybridized carbons (Fsp3) is 0.400. The van der Waals surface area contributed by atoms with Crippen LogP contribution in [0.1, 0.15) is 30.1 Å². The molecule has 0 aromatic heterocycles. The molecule has 2 rings (SSSR count). The van der Waals surface area contributed by atoms with E-state index in [2.05, 4.69) is 10.6 Å². The predicted molar refractivity (Wildman–Crippen MR) is 76.8 cm³/mol. The first-order valence-corrected chi connectivity index (χ1v) is 6.95. The van der Waals surface area contributed by atoms with Crippen LogP contribution in [-0.4, -0.2) is 30.9 Å². The highest BCUT2D eigenvalue weighted by molar-refractivity contribution is 5.97. The van der Waals surface area contributed by atoms with E-state index in [-0.39, 0.29) is 24.4 Å². The van der Waals surface area contributed by atoms with Gasteiger partial charge in [0.2, 0.25) is 0 Å². The molecule has 6 nitrogen and oxygen atoms in total. The molecule has 1 saturated carbocycles. The number of carbonyl (C=O) groups excluding carboxylic acids is 3. The van der Waals surface area contributed by atoms with Crippen LogP contribution >= 0.6 is 0 Å². The van der Waals surface area contributed by atoms with Crippen LogP contribution in [0.3, 0.4) is 0 Å². The van der Waals surface area contributed by atoms with Crippen molar-refractivity contribution in [2.75, 3.05) is 18.5 Å². The lowest BCUT2D eigenvalue weighted by molar-refractivity contribution is -0.148. The lowest BCUT2D eigenvalue weighted by atomic mass is 10.2. The van der Waals surface area contributed by atoms with Gasteiger partial charge in [-0.25, -0.2) is 0 Å². The highest BCUT2D eigenvalue weighted by Gasteiger charge is 2.31. The van der Waals surface area contributed by atoms with Crippen molar-refractivity contribution < 1.29 is 19.1 Å². The van der Waals surface area contributed by atoms with E-state index in [1.165, 1.54) is 0 Å². The minimum Gasteiger partial charge on any atom is -0.455 e. The highest BCUT2D eigenvalue weighted by Crippen LogP contribution is 2.29. The third-order valence-corrected chi connectivity index (χ3v) is 3.00. The molecule has 0 bridgehead atoms. The van der Waals surface area contributed by atoms with Crippen LogP contribution < -0.4 is 10.6 Å². The molecule has 6 heteroatoms. The van der Waals surface area contributed by atoms with E-state index in [1.807, 2.05) is 6.92 Å². The summed E-state index contributed by atoms with van der Waals surface area (Å²) in [6.45, 7) is 2.06. The molecule has 1 aliphatic rings. The fourth-order valence-electron chi connectivity index (χ4n) is 1.77. The van der Waals surface area contributed by atoms with Gasteiger partial charge in [0.15, 0.2) is 6.61 Å². The molecular weight excluding hydrogens is 272 g/mol. The van der Waals surface area contributed by atoms with Crippen LogP contribution in [0.4, 0.5) is 5.69 Å². The van der Waals surface area contributed by atoms with Gasteiger partial charge in [-0.1, -0.05) is 6.07 Å². The summed E-state index contributed by atoms with van der Waals surface area (Å²) < 4.78 is 4.89. The lowest BCUT2D eigenvalue weighted by Gasteiger charge is -2.08. The fourth-order valence-corrected chi connectivity index (χ4v) is 1.77. The van der Waals surface area contributed by atoms with E-state index < -0.39 is 5.91 Å². The molecule has 0 atom stereocenters. The minimum absolute atomic E-state index is 0.0288. The molecule has 0 radical (unpaired) electrons. The molecule has 0 unspecified atom stereocenters. The van der Waals surface area contributed by atoms with Crippen LogP contribution in [0, 0.1) is 5.92 Å². The molecule has 112 valence electrons. The van der Waals surface area contributed by atoms with Crippen LogP contribution in [-0.2, 0) is 14.3 Å². The van der Waals surface area contributed by atoms with E-state index in [0.29, 0.717) is 17.8 Å². The summed E-state index contributed by atoms with van der Waals surface area (Å²) in [5.74, 6) is -0.967. The van der Waals surface area contributed by atoms with E-state index in [1.54, 1.807) is 24.3 Å². The number of nitrogens with one attached hydrogen (secondary N) is 2. The topological polar surface area (TPSA) is 84.5 Å². The van der Waals surface area contributed by atoms with E-state index in [4.69, 9.17) is 4.74 Å². The third-order valence-electron chi connectivity index (χ3n) is 3.00. The second-order valence-corrected chi connectivity index (χ2v) is 4.87. The quantitative estimate of drug-likeness (QED) is 0.774. The van der Waals surface area contributed by atoms with Crippen molar-refractivity contribution in [3.05, 3.63) is 29.8 Å². The average molecular weight is 290 g/mol. The Labute approximate surface area is 122 Å². The largest absolute Gasteiger partial charge is 0.455 e. The summed E-state index contributed by atoms with van der Waals surface area (Å²) in [4.78, 5) is 34.7. The molecular formula is C15H18N2O4. The summed E-state index contributed by atoms with van der Waals surface area (Å²) in [6.07, 6.45) is 1.68. The van der Waals surface area contributed by atoms with E-state index in [0.717, 1.165) is 12.8 Å². The molecule has 2 N–H and O–H groups in total. The Bertz CT molecular complexity index is 552. The molecule has 21 heavy (non-hydrogen) atoms. The lowest BCUT2D eigenvalue weighted by Crippen LogP contribution is -2.23. The number of hydrogen-bond acceptors (Lipinski definition) is 4. The van der Waals surface area contributed by atoms with Gasteiger partial charge < -0.3 is 15.4 Å². The van der Waals surface area contributed by atoms with Crippen molar-refractivity contribution >= 4 is 23.5 Å². The van der Waals surface area contributed by atoms with Gasteiger partial charge in [-0.2, -0.15) is 0 Å². The molecule has 2 amide bonds. The zero-order valence-corrected chi connectivity index (χ0v) is 11.8. The maximum absolute atomic E-state index is 11.7. The van der Waals surface area contributed by atoms with Crippen LogP contribution in [0.5, 0.6) is 0 Å². The number of carbonyl (C=O) groups is 3. The average Bonchev–Trinajstić information content (AvgIpc) is 3.30. The molecule has 0 heterocycles. The Morgan fingerprint density at radius 3 is 2.71 bits per heavy atom. The Morgan fingerprint density at radius 2 is 2.05 bits per heavy atom. The maximum Gasteiger partial charge on any atom is 0.309 e. The van der Waals surface area contributed by atoms with Crippen LogP contribution in [0.2, 0.25) is 0 Å². The smallest absolute Gasteiger partial charge is 0.309 e. The number of ether oxygens (including phenoxy) is 1. The third kappa shape index (κ3) is 4.59. The molecule has 1 fully saturated rings. The van der Waals surface area contributed by atoms with Crippen molar-refractivity contribution in [1.29, 1.82) is 0 Å². The van der Waals surface area contributed by atoms with E-state index >= 15 is 0 Å². The first kappa shape index (κ1) is 15.0. The van der Waals surface area contributed by atoms with Gasteiger partial charge in [-0.15, -0.1) is 0 Å². The molecule has 1 aliphatic carbocycles. The van der Waals surface area contributed by atoms with Crippen molar-refractivity contribution in [2.45, 2.75) is 19.8 Å². The SMILES string of the molecule is CCNC(=O)c1cccc(NC(=O)COC(=O)C2CC2)c1. The van der Waals surface area contributed by atoms with Gasteiger partial charge in [0.1, 0.15) is 0 Å². The Hall–Kier alpha value is -2.37. The number of amides is 2. The van der Waals surface area contributed by atoms with Gasteiger partial charge in [-0.3, -0.25) is 14.4 Å². The number of esters is 1. The Balaban J connectivity index is 1.86. The van der Waals surface area contributed by atoms with Crippen LogP contribution in [0.15, 0.2) is 24.3 Å². The van der Waals surface area contributed by atoms with Gasteiger partial charge in [-0.05, 0) is 38.0 Å². The predicted octanol–water partition coefficient (Wildman–Crippen LogP) is 1.33. The van der Waals surface area contributed by atoms with Crippen LogP contribution in [0.25, 0.3) is 0 Å². The first-order chi connectivity index (χ1) is 10.1. The summed E-state index contributed by atoms with van der Waals surface area (Å²) in [6, 6.07) is 6.58. The van der Waals surface area contributed by atoms with Gasteiger partial charge in [0.05, 0.1) is 5.92 Å². The second kappa shape index (κ2) is 6.88. The summed E-state index contributed by atoms with van der Waals surface area (Å²) in [5.41, 5.74) is 0.954. The zero-order valence-electron chi connectivity index (χ0n) is 11.8. The number of anilines is 1. The molecule has 0 aliphatic heterocycles. The molecule has 1 aromatic carbocycles. The van der Waals surface area contributed by atoms with Gasteiger partial charge in [0, 0.05) is 17.8 Å². The molecule has 0 spiro atoms. The van der Waals surface area contributed by atoms with Gasteiger partial charge in [0.25, 0.3) is 11.8 Å². The number of benzene rings is 1. The van der Waals surface area contributed by atoms with Crippen molar-refractivity contribution in [1.82, 2.24) is 5.32 Å². The zero-order chi connectivity index (χ0) is 15.2. The standard InChI is InChI=1S/C15H18N2O4/c1-2-16-14(19)11-4-3-5-12(8-11)17-13(18)9-21-15(20)10-6-7-10/h3-5,8,10H,2,6-7,9H2,1H3,(H,16,19)(H,17,18). The number of hydrogen-bond donors (Lipinski definition) is 2. The number of rotatable bonds is 6. The minimum atomic E-state index is -0.419. The highest BCUT2D eigenvalue weighted by atomic mass is 16.5. The first-order valence-electron chi connectivity index (χ1n) is 6.95. The normalized spacial score (nSPS) is 13.4. The van der Waals surface area contributed by atoms with Gasteiger partial charge >= 0.3 is 5.97 Å². The maximum atomic E-state index is 11.7. The Kier molecular flexibility index (Phi) is 4.92. The molecule has 1 aromatic rings. The summed E-state index contributed by atoms with van der Waals surface area (Å²) >= 11 is 0. The Morgan fingerprint density at radius 1 is 1.29 bits per heavy atom. The summed E-state index contributed by atoms with van der Waals surface area (Å²) in [7, 11) is 0. The van der Waals surface area contributed by atoms with Crippen molar-refractivity contribution in [2.24, 2.45) is 5.92 Å². The molecule has 0 saturated heterocycles.